The summed E-state index contributed by atoms with van der Waals surface area (Å²) in [6.07, 6.45) is 2.32. The van der Waals surface area contributed by atoms with Gasteiger partial charge in [-0.25, -0.2) is 0 Å². The van der Waals surface area contributed by atoms with Crippen LogP contribution in [0.25, 0.3) is 0 Å². The molecule has 5 nitrogen and oxygen atoms in total. The smallest absolute Gasteiger partial charge is 0.232 e. The number of nitrogens with zero attached hydrogens (tertiary/aromatic N) is 2. The highest BCUT2D eigenvalue weighted by atomic mass is 16.5. The van der Waals surface area contributed by atoms with Crippen molar-refractivity contribution in [1.29, 1.82) is 0 Å². The number of aromatic nitrogens is 1. The van der Waals surface area contributed by atoms with E-state index in [1.165, 1.54) is 0 Å². The van der Waals surface area contributed by atoms with Gasteiger partial charge < -0.3 is 15.0 Å². The summed E-state index contributed by atoms with van der Waals surface area (Å²) in [5.74, 6) is -0.334. The number of carbonyl (C=O) groups is 1. The zero-order chi connectivity index (χ0) is 19.9. The van der Waals surface area contributed by atoms with Crippen molar-refractivity contribution in [2.45, 2.75) is 12.3 Å². The first-order chi connectivity index (χ1) is 14.3. The maximum Gasteiger partial charge on any atom is 0.232 e. The van der Waals surface area contributed by atoms with Crippen LogP contribution in [0.1, 0.15) is 17.2 Å². The van der Waals surface area contributed by atoms with Gasteiger partial charge in [0.05, 0.1) is 19.1 Å². The van der Waals surface area contributed by atoms with E-state index in [0.29, 0.717) is 6.42 Å². The fourth-order valence-electron chi connectivity index (χ4n) is 3.61. The van der Waals surface area contributed by atoms with E-state index >= 15 is 0 Å². The van der Waals surface area contributed by atoms with Crippen molar-refractivity contribution in [3.05, 3.63) is 90.3 Å². The highest BCUT2D eigenvalue weighted by molar-refractivity contribution is 5.96. The van der Waals surface area contributed by atoms with Gasteiger partial charge in [-0.15, -0.1) is 0 Å². The van der Waals surface area contributed by atoms with Gasteiger partial charge in [0.25, 0.3) is 0 Å². The summed E-state index contributed by atoms with van der Waals surface area (Å²) in [6, 6.07) is 23.7. The largest absolute Gasteiger partial charge is 0.378 e. The number of hydrogen-bond acceptors (Lipinski definition) is 4. The van der Waals surface area contributed by atoms with Crippen molar-refractivity contribution in [3.63, 3.8) is 0 Å². The lowest BCUT2D eigenvalue weighted by molar-refractivity contribution is -0.117. The number of amides is 1. The summed E-state index contributed by atoms with van der Waals surface area (Å²) in [5.41, 5.74) is 3.80. The minimum absolute atomic E-state index is 0.0269. The monoisotopic (exact) mass is 387 g/mol. The second-order valence-electron chi connectivity index (χ2n) is 7.13. The topological polar surface area (TPSA) is 54.5 Å². The van der Waals surface area contributed by atoms with Crippen molar-refractivity contribution >= 4 is 17.3 Å². The summed E-state index contributed by atoms with van der Waals surface area (Å²) in [4.78, 5) is 19.9. The molecule has 1 aliphatic heterocycles. The number of pyridine rings is 1. The Morgan fingerprint density at radius 1 is 1.00 bits per heavy atom. The number of rotatable bonds is 6. The Bertz CT molecular complexity index is 925. The first-order valence-electron chi connectivity index (χ1n) is 9.98. The molecule has 1 N–H and O–H groups in total. The molecular formula is C24H25N3O2. The standard InChI is InChI=1S/C24H25N3O2/c28-24(26-21-10-6-11-22(17-21)27-13-15-29-16-14-27)23(19-7-2-1-3-8-19)18-20-9-4-5-12-25-20/h1-12,17,23H,13-16,18H2,(H,26,28). The summed E-state index contributed by atoms with van der Waals surface area (Å²) in [5, 5.41) is 3.12. The Hall–Kier alpha value is -3.18. The molecule has 1 amide bonds. The number of morpholine rings is 1. The fraction of sp³-hybridized carbons (Fsp3) is 0.250. The molecule has 2 heterocycles. The van der Waals surface area contributed by atoms with Crippen LogP contribution in [-0.4, -0.2) is 37.2 Å². The minimum atomic E-state index is -0.307. The lowest BCUT2D eigenvalue weighted by Gasteiger charge is -2.29. The molecule has 3 aromatic rings. The summed E-state index contributed by atoms with van der Waals surface area (Å²) >= 11 is 0. The first kappa shape index (κ1) is 19.2. The fourth-order valence-corrected chi connectivity index (χ4v) is 3.61. The van der Waals surface area contributed by atoms with Gasteiger partial charge in [-0.3, -0.25) is 9.78 Å². The second kappa shape index (κ2) is 9.34. The van der Waals surface area contributed by atoms with Crippen LogP contribution in [-0.2, 0) is 16.0 Å². The Balaban J connectivity index is 1.53. The van der Waals surface area contributed by atoms with Crippen LogP contribution in [0.15, 0.2) is 79.0 Å². The highest BCUT2D eigenvalue weighted by Gasteiger charge is 2.22. The van der Waals surface area contributed by atoms with E-state index < -0.39 is 0 Å². The van der Waals surface area contributed by atoms with Crippen LogP contribution in [0.2, 0.25) is 0 Å². The van der Waals surface area contributed by atoms with E-state index in [9.17, 15) is 4.79 Å². The van der Waals surface area contributed by atoms with Gasteiger partial charge in [0.1, 0.15) is 0 Å². The van der Waals surface area contributed by atoms with Crippen molar-refractivity contribution in [2.24, 2.45) is 0 Å². The number of benzene rings is 2. The lowest BCUT2D eigenvalue weighted by atomic mass is 9.93. The van der Waals surface area contributed by atoms with E-state index in [0.717, 1.165) is 48.9 Å². The SMILES string of the molecule is O=C(Nc1cccc(N2CCOCC2)c1)C(Cc1ccccn1)c1ccccc1. The summed E-state index contributed by atoms with van der Waals surface area (Å²) in [7, 11) is 0. The quantitative estimate of drug-likeness (QED) is 0.697. The van der Waals surface area contributed by atoms with Crippen molar-refractivity contribution in [1.82, 2.24) is 4.98 Å². The van der Waals surface area contributed by atoms with Crippen molar-refractivity contribution in [2.75, 3.05) is 36.5 Å². The number of nitrogens with one attached hydrogen (secondary N) is 1. The molecule has 1 aliphatic rings. The normalized spacial score (nSPS) is 15.0. The predicted octanol–water partition coefficient (Wildman–Crippen LogP) is 3.88. The van der Waals surface area contributed by atoms with Gasteiger partial charge in [0.2, 0.25) is 5.91 Å². The molecule has 148 valence electrons. The third-order valence-electron chi connectivity index (χ3n) is 5.15. The van der Waals surface area contributed by atoms with Gasteiger partial charge >= 0.3 is 0 Å². The van der Waals surface area contributed by atoms with Crippen LogP contribution in [0.3, 0.4) is 0 Å². The molecule has 1 aromatic heterocycles. The van der Waals surface area contributed by atoms with E-state index in [1.54, 1.807) is 6.20 Å². The molecule has 1 fully saturated rings. The third-order valence-corrected chi connectivity index (χ3v) is 5.15. The zero-order valence-electron chi connectivity index (χ0n) is 16.3. The number of anilines is 2. The molecule has 0 radical (unpaired) electrons. The second-order valence-corrected chi connectivity index (χ2v) is 7.13. The van der Waals surface area contributed by atoms with Crippen LogP contribution in [0.4, 0.5) is 11.4 Å². The molecular weight excluding hydrogens is 362 g/mol. The van der Waals surface area contributed by atoms with Crippen LogP contribution < -0.4 is 10.2 Å². The van der Waals surface area contributed by atoms with E-state index in [1.807, 2.05) is 66.7 Å². The zero-order valence-corrected chi connectivity index (χ0v) is 16.3. The molecule has 1 unspecified atom stereocenters. The molecule has 0 saturated carbocycles. The lowest BCUT2D eigenvalue weighted by Crippen LogP contribution is -2.36. The molecule has 0 bridgehead atoms. The average Bonchev–Trinajstić information content (AvgIpc) is 2.79. The molecule has 1 saturated heterocycles. The van der Waals surface area contributed by atoms with Gasteiger partial charge in [0, 0.05) is 42.8 Å². The van der Waals surface area contributed by atoms with E-state index in [-0.39, 0.29) is 11.8 Å². The molecule has 29 heavy (non-hydrogen) atoms. The molecule has 2 aromatic carbocycles. The van der Waals surface area contributed by atoms with E-state index in [2.05, 4.69) is 21.3 Å². The maximum absolute atomic E-state index is 13.2. The Morgan fingerprint density at radius 2 is 1.79 bits per heavy atom. The Kier molecular flexibility index (Phi) is 6.17. The first-order valence-corrected chi connectivity index (χ1v) is 9.98. The third kappa shape index (κ3) is 5.00. The minimum Gasteiger partial charge on any atom is -0.378 e. The van der Waals surface area contributed by atoms with Crippen LogP contribution in [0, 0.1) is 0 Å². The molecule has 4 rings (SSSR count). The van der Waals surface area contributed by atoms with E-state index in [4.69, 9.17) is 4.74 Å². The summed E-state index contributed by atoms with van der Waals surface area (Å²) in [6.45, 7) is 3.20. The number of hydrogen-bond donors (Lipinski definition) is 1. The molecule has 5 heteroatoms. The number of carbonyl (C=O) groups excluding carboxylic acids is 1. The van der Waals surface area contributed by atoms with Gasteiger partial charge in [-0.2, -0.15) is 0 Å². The predicted molar refractivity (Wildman–Crippen MR) is 115 cm³/mol. The average molecular weight is 387 g/mol. The molecule has 0 aliphatic carbocycles. The van der Waals surface area contributed by atoms with Gasteiger partial charge in [0.15, 0.2) is 0 Å². The van der Waals surface area contributed by atoms with Crippen molar-refractivity contribution < 1.29 is 9.53 Å². The molecule has 0 spiro atoms. The van der Waals surface area contributed by atoms with Gasteiger partial charge in [-0.1, -0.05) is 42.5 Å². The summed E-state index contributed by atoms with van der Waals surface area (Å²) < 4.78 is 5.44. The molecule has 1 atom stereocenters. The maximum atomic E-state index is 13.2. The highest BCUT2D eigenvalue weighted by Crippen LogP contribution is 2.25. The number of ether oxygens (including phenoxy) is 1. The van der Waals surface area contributed by atoms with Crippen LogP contribution in [0.5, 0.6) is 0 Å². The Morgan fingerprint density at radius 3 is 2.55 bits per heavy atom. The van der Waals surface area contributed by atoms with Gasteiger partial charge in [-0.05, 0) is 35.9 Å². The van der Waals surface area contributed by atoms with Crippen LogP contribution >= 0.6 is 0 Å². The Labute approximate surface area is 171 Å². The van der Waals surface area contributed by atoms with Crippen molar-refractivity contribution in [3.8, 4) is 0 Å².